The molecule has 0 saturated carbocycles. The number of hydrogen-bond donors (Lipinski definition) is 1. The van der Waals surface area contributed by atoms with Crippen molar-refractivity contribution in [3.8, 4) is 0 Å². The van der Waals surface area contributed by atoms with Gasteiger partial charge in [0, 0.05) is 26.2 Å². The molecule has 6 heteroatoms. The number of nitrogens with zero attached hydrogens (tertiary/aromatic N) is 2. The summed E-state index contributed by atoms with van der Waals surface area (Å²) in [4.78, 5) is 29.3. The summed E-state index contributed by atoms with van der Waals surface area (Å²) in [5.74, 6) is -1.18. The van der Waals surface area contributed by atoms with E-state index in [1.54, 1.807) is 23.2 Å². The second-order valence-corrected chi connectivity index (χ2v) is 5.00. The molecule has 1 N–H and O–H groups in total. The van der Waals surface area contributed by atoms with E-state index in [9.17, 15) is 14.0 Å². The van der Waals surface area contributed by atoms with Crippen LogP contribution in [0.3, 0.4) is 0 Å². The van der Waals surface area contributed by atoms with Crippen LogP contribution in [0.4, 0.5) is 4.39 Å². The van der Waals surface area contributed by atoms with Gasteiger partial charge in [0.1, 0.15) is 5.82 Å². The Morgan fingerprint density at radius 2 is 1.91 bits per heavy atom. The van der Waals surface area contributed by atoms with Crippen LogP contribution in [-0.2, 0) is 11.3 Å². The molecule has 5 nitrogen and oxygen atoms in total. The van der Waals surface area contributed by atoms with Crippen LogP contribution in [0.5, 0.6) is 0 Å². The molecule has 0 radical (unpaired) electrons. The molecule has 0 fully saturated rings. The van der Waals surface area contributed by atoms with Gasteiger partial charge in [-0.2, -0.15) is 0 Å². The minimum Gasteiger partial charge on any atom is -0.350 e. The summed E-state index contributed by atoms with van der Waals surface area (Å²) in [6, 6.07) is 11.3. The van der Waals surface area contributed by atoms with Crippen molar-refractivity contribution >= 4 is 11.8 Å². The SMILES string of the molecule is CC(=O)N(CCNC(=O)c1ccccc1F)Cc1ccccn1. The Morgan fingerprint density at radius 3 is 2.57 bits per heavy atom. The van der Waals surface area contributed by atoms with Crippen LogP contribution in [0.1, 0.15) is 23.0 Å². The molecule has 0 atom stereocenters. The van der Waals surface area contributed by atoms with Gasteiger partial charge < -0.3 is 10.2 Å². The number of rotatable bonds is 6. The summed E-state index contributed by atoms with van der Waals surface area (Å²) in [6.45, 7) is 2.39. The molecule has 0 spiro atoms. The number of aromatic nitrogens is 1. The minimum atomic E-state index is -0.568. The van der Waals surface area contributed by atoms with Gasteiger partial charge in [-0.25, -0.2) is 4.39 Å². The number of nitrogens with one attached hydrogen (secondary N) is 1. The zero-order chi connectivity index (χ0) is 16.7. The van der Waals surface area contributed by atoms with Crippen molar-refractivity contribution in [1.29, 1.82) is 0 Å². The van der Waals surface area contributed by atoms with Crippen LogP contribution < -0.4 is 5.32 Å². The molecule has 2 rings (SSSR count). The smallest absolute Gasteiger partial charge is 0.254 e. The molecule has 0 aliphatic carbocycles. The molecule has 1 aromatic heterocycles. The zero-order valence-electron chi connectivity index (χ0n) is 12.8. The zero-order valence-corrected chi connectivity index (χ0v) is 12.8. The normalized spacial score (nSPS) is 10.2. The van der Waals surface area contributed by atoms with Crippen molar-refractivity contribution < 1.29 is 14.0 Å². The molecule has 1 heterocycles. The number of hydrogen-bond acceptors (Lipinski definition) is 3. The average molecular weight is 315 g/mol. The Bertz CT molecular complexity index is 677. The molecule has 0 unspecified atom stereocenters. The molecule has 0 aliphatic heterocycles. The van der Waals surface area contributed by atoms with Crippen molar-refractivity contribution in [2.75, 3.05) is 13.1 Å². The maximum Gasteiger partial charge on any atom is 0.254 e. The van der Waals surface area contributed by atoms with Gasteiger partial charge in [-0.3, -0.25) is 14.6 Å². The lowest BCUT2D eigenvalue weighted by atomic mass is 10.2. The van der Waals surface area contributed by atoms with Gasteiger partial charge in [0.05, 0.1) is 17.8 Å². The summed E-state index contributed by atoms with van der Waals surface area (Å²) >= 11 is 0. The Morgan fingerprint density at radius 1 is 1.17 bits per heavy atom. The summed E-state index contributed by atoms with van der Waals surface area (Å²) in [7, 11) is 0. The highest BCUT2D eigenvalue weighted by Gasteiger charge is 2.13. The number of pyridine rings is 1. The van der Waals surface area contributed by atoms with Crippen LogP contribution >= 0.6 is 0 Å². The Labute approximate surface area is 134 Å². The standard InChI is InChI=1S/C17H18FN3O2/c1-13(22)21(12-14-6-4-5-9-19-14)11-10-20-17(23)15-7-2-3-8-16(15)18/h2-9H,10-12H2,1H3,(H,20,23). The van der Waals surface area contributed by atoms with Crippen LogP contribution in [0, 0.1) is 5.82 Å². The van der Waals surface area contributed by atoms with Crippen LogP contribution in [0.25, 0.3) is 0 Å². The number of carbonyl (C=O) groups excluding carboxylic acids is 2. The van der Waals surface area contributed by atoms with E-state index in [4.69, 9.17) is 0 Å². The van der Waals surface area contributed by atoms with E-state index in [0.717, 1.165) is 5.69 Å². The average Bonchev–Trinajstić information content (AvgIpc) is 2.55. The quantitative estimate of drug-likeness (QED) is 0.887. The van der Waals surface area contributed by atoms with Gasteiger partial charge in [-0.1, -0.05) is 18.2 Å². The van der Waals surface area contributed by atoms with Gasteiger partial charge in [-0.15, -0.1) is 0 Å². The highest BCUT2D eigenvalue weighted by Crippen LogP contribution is 2.06. The van der Waals surface area contributed by atoms with E-state index in [2.05, 4.69) is 10.3 Å². The fourth-order valence-electron chi connectivity index (χ4n) is 2.08. The van der Waals surface area contributed by atoms with Gasteiger partial charge >= 0.3 is 0 Å². The summed E-state index contributed by atoms with van der Waals surface area (Å²) in [6.07, 6.45) is 1.66. The van der Waals surface area contributed by atoms with Crippen molar-refractivity contribution in [3.05, 3.63) is 65.7 Å². The van der Waals surface area contributed by atoms with Gasteiger partial charge in [0.25, 0.3) is 5.91 Å². The largest absolute Gasteiger partial charge is 0.350 e. The second kappa shape index (κ2) is 8.03. The van der Waals surface area contributed by atoms with Crippen LogP contribution in [0.15, 0.2) is 48.7 Å². The molecular weight excluding hydrogens is 297 g/mol. The summed E-state index contributed by atoms with van der Waals surface area (Å²) in [5, 5.41) is 2.62. The maximum atomic E-state index is 13.5. The van der Waals surface area contributed by atoms with Crippen molar-refractivity contribution in [2.24, 2.45) is 0 Å². The van der Waals surface area contributed by atoms with Gasteiger partial charge in [0.2, 0.25) is 5.91 Å². The second-order valence-electron chi connectivity index (χ2n) is 5.00. The maximum absolute atomic E-state index is 13.5. The van der Waals surface area contributed by atoms with E-state index in [1.165, 1.54) is 25.1 Å². The lowest BCUT2D eigenvalue weighted by Crippen LogP contribution is -2.37. The summed E-state index contributed by atoms with van der Waals surface area (Å²) in [5.41, 5.74) is 0.759. The molecule has 2 aromatic rings. The Hall–Kier alpha value is -2.76. The summed E-state index contributed by atoms with van der Waals surface area (Å²) < 4.78 is 13.5. The first-order chi connectivity index (χ1) is 11.1. The van der Waals surface area contributed by atoms with E-state index in [0.29, 0.717) is 13.1 Å². The monoisotopic (exact) mass is 315 g/mol. The van der Waals surface area contributed by atoms with Gasteiger partial charge in [-0.05, 0) is 24.3 Å². The predicted molar refractivity (Wildman–Crippen MR) is 84.1 cm³/mol. The predicted octanol–water partition coefficient (Wildman–Crippen LogP) is 2.00. The van der Waals surface area contributed by atoms with Crippen molar-refractivity contribution in [3.63, 3.8) is 0 Å². The van der Waals surface area contributed by atoms with Crippen LogP contribution in [-0.4, -0.2) is 34.8 Å². The van der Waals surface area contributed by atoms with Crippen LogP contribution in [0.2, 0.25) is 0 Å². The molecule has 120 valence electrons. The van der Waals surface area contributed by atoms with Crippen molar-refractivity contribution in [2.45, 2.75) is 13.5 Å². The lowest BCUT2D eigenvalue weighted by molar-refractivity contribution is -0.129. The van der Waals surface area contributed by atoms with Crippen molar-refractivity contribution in [1.82, 2.24) is 15.2 Å². The third-order valence-corrected chi connectivity index (χ3v) is 3.31. The first-order valence-electron chi connectivity index (χ1n) is 7.26. The highest BCUT2D eigenvalue weighted by atomic mass is 19.1. The first-order valence-corrected chi connectivity index (χ1v) is 7.26. The molecule has 2 amide bonds. The van der Waals surface area contributed by atoms with E-state index >= 15 is 0 Å². The third kappa shape index (κ3) is 4.88. The van der Waals surface area contributed by atoms with E-state index in [-0.39, 0.29) is 18.0 Å². The molecule has 0 bridgehead atoms. The molecular formula is C17H18FN3O2. The van der Waals surface area contributed by atoms with Gasteiger partial charge in [0.15, 0.2) is 0 Å². The minimum absolute atomic E-state index is 0.00778. The first kappa shape index (κ1) is 16.6. The fraction of sp³-hybridized carbons (Fsp3) is 0.235. The molecule has 1 aromatic carbocycles. The number of amides is 2. The fourth-order valence-corrected chi connectivity index (χ4v) is 2.08. The number of halogens is 1. The highest BCUT2D eigenvalue weighted by molar-refractivity contribution is 5.94. The molecule has 23 heavy (non-hydrogen) atoms. The Balaban J connectivity index is 1.88. The lowest BCUT2D eigenvalue weighted by Gasteiger charge is -2.20. The number of benzene rings is 1. The topological polar surface area (TPSA) is 62.3 Å². The Kier molecular flexibility index (Phi) is 5.80. The molecule has 0 aliphatic rings. The number of carbonyl (C=O) groups is 2. The third-order valence-electron chi connectivity index (χ3n) is 3.31. The van der Waals surface area contributed by atoms with E-state index in [1.807, 2.05) is 12.1 Å². The van der Waals surface area contributed by atoms with E-state index < -0.39 is 11.7 Å². The molecule has 0 saturated heterocycles.